The second-order valence-electron chi connectivity index (χ2n) is 6.33. The van der Waals surface area contributed by atoms with Crippen LogP contribution >= 0.6 is 11.3 Å². The lowest BCUT2D eigenvalue weighted by atomic mass is 10.2. The molecule has 0 aliphatic rings. The van der Waals surface area contributed by atoms with Gasteiger partial charge in [0.05, 0.1) is 5.52 Å². The van der Waals surface area contributed by atoms with Crippen LogP contribution in [0.15, 0.2) is 39.2 Å². The van der Waals surface area contributed by atoms with Crippen molar-refractivity contribution in [3.8, 4) is 0 Å². The van der Waals surface area contributed by atoms with Gasteiger partial charge in [-0.05, 0) is 42.5 Å². The van der Waals surface area contributed by atoms with E-state index >= 15 is 0 Å². The molecule has 6 nitrogen and oxygen atoms in total. The molecule has 0 saturated heterocycles. The average molecular weight is 389 g/mol. The number of aromatic nitrogens is 2. The van der Waals surface area contributed by atoms with Crippen molar-refractivity contribution in [1.29, 1.82) is 0 Å². The van der Waals surface area contributed by atoms with Crippen LogP contribution in [0.4, 0.5) is 10.1 Å². The third-order valence-corrected chi connectivity index (χ3v) is 5.22. The SMILES string of the molecule is CCCCn1c(=O)c2sccc2n(CC(=O)Nc2ccc(C)c(F)c2)c1=O. The minimum absolute atomic E-state index is 0.256. The number of unbranched alkanes of at least 4 members (excludes halogenated alkanes) is 1. The summed E-state index contributed by atoms with van der Waals surface area (Å²) >= 11 is 1.24. The highest BCUT2D eigenvalue weighted by Crippen LogP contribution is 2.16. The van der Waals surface area contributed by atoms with Crippen LogP contribution in [0.25, 0.3) is 10.2 Å². The van der Waals surface area contributed by atoms with Gasteiger partial charge in [-0.15, -0.1) is 11.3 Å². The van der Waals surface area contributed by atoms with Crippen molar-refractivity contribution in [2.75, 3.05) is 5.32 Å². The van der Waals surface area contributed by atoms with Gasteiger partial charge in [0, 0.05) is 12.2 Å². The van der Waals surface area contributed by atoms with Gasteiger partial charge in [-0.2, -0.15) is 0 Å². The maximum absolute atomic E-state index is 13.7. The molecular formula is C19H20FN3O3S. The molecule has 1 N–H and O–H groups in total. The van der Waals surface area contributed by atoms with Crippen molar-refractivity contribution >= 4 is 33.1 Å². The summed E-state index contributed by atoms with van der Waals surface area (Å²) in [5.74, 6) is -0.883. The topological polar surface area (TPSA) is 73.1 Å². The molecule has 0 radical (unpaired) electrons. The number of hydrogen-bond acceptors (Lipinski definition) is 4. The van der Waals surface area contributed by atoms with Gasteiger partial charge >= 0.3 is 5.69 Å². The van der Waals surface area contributed by atoms with E-state index in [4.69, 9.17) is 0 Å². The summed E-state index contributed by atoms with van der Waals surface area (Å²) in [7, 11) is 0. The number of amides is 1. The molecule has 3 aromatic rings. The Hall–Kier alpha value is -2.74. The normalized spacial score (nSPS) is 11.1. The fraction of sp³-hybridized carbons (Fsp3) is 0.316. The predicted octanol–water partition coefficient (Wildman–Crippen LogP) is 3.11. The first-order valence-corrected chi connectivity index (χ1v) is 9.57. The number of rotatable bonds is 6. The zero-order chi connectivity index (χ0) is 19.6. The Bertz CT molecular complexity index is 1110. The summed E-state index contributed by atoms with van der Waals surface area (Å²) in [6.45, 7) is 3.66. The number of benzene rings is 1. The average Bonchev–Trinajstić information content (AvgIpc) is 3.12. The van der Waals surface area contributed by atoms with E-state index < -0.39 is 17.4 Å². The minimum atomic E-state index is -0.510. The fourth-order valence-electron chi connectivity index (χ4n) is 2.81. The van der Waals surface area contributed by atoms with Gasteiger partial charge in [0.2, 0.25) is 5.91 Å². The van der Waals surface area contributed by atoms with Crippen molar-refractivity contribution in [1.82, 2.24) is 9.13 Å². The molecule has 3 rings (SSSR count). The van der Waals surface area contributed by atoms with Gasteiger partial charge in [0.25, 0.3) is 5.56 Å². The van der Waals surface area contributed by atoms with E-state index in [0.717, 1.165) is 6.42 Å². The number of hydrogen-bond donors (Lipinski definition) is 1. The number of nitrogens with zero attached hydrogens (tertiary/aromatic N) is 2. The van der Waals surface area contributed by atoms with Crippen molar-refractivity contribution < 1.29 is 9.18 Å². The molecule has 0 unspecified atom stereocenters. The summed E-state index contributed by atoms with van der Waals surface area (Å²) in [6, 6.07) is 6.06. The summed E-state index contributed by atoms with van der Waals surface area (Å²) in [4.78, 5) is 37.7. The number of nitrogens with one attached hydrogen (secondary N) is 1. The highest BCUT2D eigenvalue weighted by molar-refractivity contribution is 7.17. The number of halogens is 1. The molecule has 0 aliphatic heterocycles. The van der Waals surface area contributed by atoms with Gasteiger partial charge < -0.3 is 5.32 Å². The zero-order valence-corrected chi connectivity index (χ0v) is 15.9. The van der Waals surface area contributed by atoms with E-state index in [1.807, 2.05) is 6.92 Å². The van der Waals surface area contributed by atoms with Crippen molar-refractivity contribution in [3.63, 3.8) is 0 Å². The number of aryl methyl sites for hydroxylation is 1. The highest BCUT2D eigenvalue weighted by atomic mass is 32.1. The van der Waals surface area contributed by atoms with Crippen molar-refractivity contribution in [3.05, 3.63) is 61.9 Å². The first-order chi connectivity index (χ1) is 12.9. The monoisotopic (exact) mass is 389 g/mol. The summed E-state index contributed by atoms with van der Waals surface area (Å²) in [5, 5.41) is 4.32. The third kappa shape index (κ3) is 3.85. The molecule has 2 aromatic heterocycles. The van der Waals surface area contributed by atoms with Crippen LogP contribution in [0.5, 0.6) is 0 Å². The molecule has 1 amide bonds. The first-order valence-electron chi connectivity index (χ1n) is 8.69. The lowest BCUT2D eigenvalue weighted by molar-refractivity contribution is -0.116. The Morgan fingerprint density at radius 2 is 2.00 bits per heavy atom. The lowest BCUT2D eigenvalue weighted by Crippen LogP contribution is -2.41. The van der Waals surface area contributed by atoms with Gasteiger partial charge in [0.15, 0.2) is 0 Å². The maximum Gasteiger partial charge on any atom is 0.332 e. The molecule has 27 heavy (non-hydrogen) atoms. The van der Waals surface area contributed by atoms with E-state index in [0.29, 0.717) is 34.4 Å². The quantitative estimate of drug-likeness (QED) is 0.704. The Balaban J connectivity index is 1.94. The third-order valence-electron chi connectivity index (χ3n) is 4.33. The second-order valence-corrected chi connectivity index (χ2v) is 7.24. The summed E-state index contributed by atoms with van der Waals surface area (Å²) < 4.78 is 16.6. The van der Waals surface area contributed by atoms with Crippen molar-refractivity contribution in [2.45, 2.75) is 39.8 Å². The van der Waals surface area contributed by atoms with Crippen LogP contribution in [-0.4, -0.2) is 15.0 Å². The van der Waals surface area contributed by atoms with Crippen LogP contribution in [0.2, 0.25) is 0 Å². The first kappa shape index (κ1) is 19.0. The Kier molecular flexibility index (Phi) is 5.55. The number of carbonyl (C=O) groups is 1. The highest BCUT2D eigenvalue weighted by Gasteiger charge is 2.16. The molecule has 142 valence electrons. The molecule has 2 heterocycles. The van der Waals surface area contributed by atoms with Gasteiger partial charge in [-0.25, -0.2) is 9.18 Å². The molecule has 0 aliphatic carbocycles. The molecule has 0 bridgehead atoms. The van der Waals surface area contributed by atoms with Crippen molar-refractivity contribution in [2.24, 2.45) is 0 Å². The zero-order valence-electron chi connectivity index (χ0n) is 15.1. The molecule has 0 spiro atoms. The second kappa shape index (κ2) is 7.87. The largest absolute Gasteiger partial charge is 0.332 e. The molecule has 1 aromatic carbocycles. The van der Waals surface area contributed by atoms with Gasteiger partial charge in [-0.1, -0.05) is 19.4 Å². The molecule has 0 fully saturated rings. The Morgan fingerprint density at radius 3 is 2.70 bits per heavy atom. The van der Waals surface area contributed by atoms with Crippen LogP contribution < -0.4 is 16.6 Å². The van der Waals surface area contributed by atoms with E-state index in [2.05, 4.69) is 5.32 Å². The molecule has 8 heteroatoms. The van der Waals surface area contributed by atoms with Gasteiger partial charge in [-0.3, -0.25) is 18.7 Å². The molecule has 0 atom stereocenters. The standard InChI is InChI=1S/C19H20FN3O3S/c1-3-4-8-22-18(25)17-15(7-9-27-17)23(19(22)26)11-16(24)21-13-6-5-12(2)14(20)10-13/h5-7,9-10H,3-4,8,11H2,1-2H3,(H,21,24). The van der Waals surface area contributed by atoms with Crippen LogP contribution in [0.3, 0.4) is 0 Å². The summed E-state index contributed by atoms with van der Waals surface area (Å²) in [5.41, 5.74) is 0.400. The van der Waals surface area contributed by atoms with E-state index in [1.165, 1.54) is 26.5 Å². The number of anilines is 1. The van der Waals surface area contributed by atoms with Crippen LogP contribution in [-0.2, 0) is 17.9 Å². The van der Waals surface area contributed by atoms with E-state index in [-0.39, 0.29) is 12.1 Å². The minimum Gasteiger partial charge on any atom is -0.324 e. The number of carbonyl (C=O) groups excluding carboxylic acids is 1. The lowest BCUT2D eigenvalue weighted by Gasteiger charge is -2.12. The van der Waals surface area contributed by atoms with Crippen LogP contribution in [0.1, 0.15) is 25.3 Å². The van der Waals surface area contributed by atoms with E-state index in [1.54, 1.807) is 30.5 Å². The summed E-state index contributed by atoms with van der Waals surface area (Å²) in [6.07, 6.45) is 1.54. The smallest absolute Gasteiger partial charge is 0.324 e. The Labute approximate surface area is 158 Å². The van der Waals surface area contributed by atoms with E-state index in [9.17, 15) is 18.8 Å². The fourth-order valence-corrected chi connectivity index (χ4v) is 3.66. The Morgan fingerprint density at radius 1 is 1.22 bits per heavy atom. The van der Waals surface area contributed by atoms with Crippen LogP contribution in [0, 0.1) is 12.7 Å². The number of thiophene rings is 1. The number of fused-ring (bicyclic) bond motifs is 1. The van der Waals surface area contributed by atoms with Gasteiger partial charge in [0.1, 0.15) is 17.1 Å². The maximum atomic E-state index is 13.7. The molecular weight excluding hydrogens is 369 g/mol. The predicted molar refractivity (Wildman–Crippen MR) is 105 cm³/mol. The molecule has 0 saturated carbocycles.